The van der Waals surface area contributed by atoms with E-state index in [1.165, 1.54) is 38.9 Å². The van der Waals surface area contributed by atoms with Crippen LogP contribution in [0.5, 0.6) is 0 Å². The van der Waals surface area contributed by atoms with Crippen molar-refractivity contribution in [3.8, 4) is 0 Å². The van der Waals surface area contributed by atoms with E-state index in [4.69, 9.17) is 0 Å². The Morgan fingerprint density at radius 2 is 2.05 bits per heavy atom. The van der Waals surface area contributed by atoms with Gasteiger partial charge in [0.05, 0.1) is 0 Å². The second kappa shape index (κ2) is 7.59. The van der Waals surface area contributed by atoms with Crippen LogP contribution < -0.4 is 10.2 Å². The molecule has 118 valence electrons. The van der Waals surface area contributed by atoms with E-state index < -0.39 is 0 Å². The Morgan fingerprint density at radius 1 is 1.33 bits per heavy atom. The van der Waals surface area contributed by atoms with Crippen LogP contribution >= 0.6 is 0 Å². The van der Waals surface area contributed by atoms with E-state index in [2.05, 4.69) is 27.1 Å². The van der Waals surface area contributed by atoms with Crippen molar-refractivity contribution in [2.24, 2.45) is 5.92 Å². The number of nitrogens with one attached hydrogen (secondary N) is 1. The van der Waals surface area contributed by atoms with Crippen molar-refractivity contribution in [3.63, 3.8) is 0 Å². The van der Waals surface area contributed by atoms with E-state index in [0.29, 0.717) is 0 Å². The molecular weight excluding hydrogens is 262 g/mol. The van der Waals surface area contributed by atoms with Gasteiger partial charge in [0.2, 0.25) is 5.95 Å². The minimum Gasteiger partial charge on any atom is -0.362 e. The lowest BCUT2D eigenvalue weighted by molar-refractivity contribution is 0.189. The normalized spacial score (nSPS) is 17.0. The molecular formula is C16H29N5. The third kappa shape index (κ3) is 4.56. The molecule has 5 heteroatoms. The summed E-state index contributed by atoms with van der Waals surface area (Å²) >= 11 is 0. The van der Waals surface area contributed by atoms with Crippen LogP contribution in [0.2, 0.25) is 0 Å². The average Bonchev–Trinajstić information content (AvgIpc) is 2.49. The van der Waals surface area contributed by atoms with Crippen LogP contribution in [0.3, 0.4) is 0 Å². The van der Waals surface area contributed by atoms with Gasteiger partial charge in [-0.25, -0.2) is 4.98 Å². The number of rotatable bonds is 6. The van der Waals surface area contributed by atoms with Crippen LogP contribution in [-0.4, -0.2) is 55.1 Å². The molecule has 1 aromatic rings. The molecule has 1 aliphatic heterocycles. The van der Waals surface area contributed by atoms with Gasteiger partial charge in [-0.2, -0.15) is 4.98 Å². The maximum Gasteiger partial charge on any atom is 0.224 e. The highest BCUT2D eigenvalue weighted by Gasteiger charge is 2.17. The summed E-state index contributed by atoms with van der Waals surface area (Å²) in [5, 5.41) is 3.38. The van der Waals surface area contributed by atoms with E-state index in [9.17, 15) is 0 Å². The molecule has 0 saturated carbocycles. The van der Waals surface area contributed by atoms with Gasteiger partial charge < -0.3 is 15.1 Å². The van der Waals surface area contributed by atoms with Crippen molar-refractivity contribution < 1.29 is 0 Å². The molecule has 2 rings (SSSR count). The Bertz CT molecular complexity index is 438. The SMILES string of the molecule is CCN1CCC(CCNc2ncc(C)c(N(C)C)n2)CC1. The average molecular weight is 291 g/mol. The van der Waals surface area contributed by atoms with Crippen LogP contribution in [0.4, 0.5) is 11.8 Å². The van der Waals surface area contributed by atoms with Crippen LogP contribution in [0.1, 0.15) is 31.7 Å². The smallest absolute Gasteiger partial charge is 0.224 e. The quantitative estimate of drug-likeness (QED) is 0.872. The molecule has 0 spiro atoms. The number of nitrogens with zero attached hydrogens (tertiary/aromatic N) is 4. The Morgan fingerprint density at radius 3 is 2.67 bits per heavy atom. The van der Waals surface area contributed by atoms with Gasteiger partial charge in [0.1, 0.15) is 5.82 Å². The van der Waals surface area contributed by atoms with E-state index in [0.717, 1.165) is 29.8 Å². The van der Waals surface area contributed by atoms with Crippen molar-refractivity contribution in [2.45, 2.75) is 33.1 Å². The first-order valence-corrected chi connectivity index (χ1v) is 8.07. The first-order valence-electron chi connectivity index (χ1n) is 8.07. The molecule has 1 fully saturated rings. The Labute approximate surface area is 128 Å². The van der Waals surface area contributed by atoms with Crippen LogP contribution in [0.15, 0.2) is 6.20 Å². The summed E-state index contributed by atoms with van der Waals surface area (Å²) in [6, 6.07) is 0. The Kier molecular flexibility index (Phi) is 5.79. The topological polar surface area (TPSA) is 44.3 Å². The second-order valence-electron chi connectivity index (χ2n) is 6.19. The molecule has 0 radical (unpaired) electrons. The fraction of sp³-hybridized carbons (Fsp3) is 0.750. The Balaban J connectivity index is 1.77. The zero-order valence-electron chi connectivity index (χ0n) is 13.9. The first-order chi connectivity index (χ1) is 10.1. The van der Waals surface area contributed by atoms with Gasteiger partial charge in [0.25, 0.3) is 0 Å². The number of hydrogen-bond donors (Lipinski definition) is 1. The lowest BCUT2D eigenvalue weighted by Gasteiger charge is -2.31. The van der Waals surface area contributed by atoms with Crippen LogP contribution in [-0.2, 0) is 0 Å². The van der Waals surface area contributed by atoms with Gasteiger partial charge in [-0.1, -0.05) is 6.92 Å². The van der Waals surface area contributed by atoms with E-state index >= 15 is 0 Å². The molecule has 2 heterocycles. The number of piperidine rings is 1. The molecule has 1 saturated heterocycles. The number of anilines is 2. The van der Waals surface area contributed by atoms with Crippen molar-refractivity contribution in [1.82, 2.24) is 14.9 Å². The molecule has 0 aromatic carbocycles. The highest BCUT2D eigenvalue weighted by molar-refractivity contribution is 5.47. The van der Waals surface area contributed by atoms with Crippen molar-refractivity contribution >= 4 is 11.8 Å². The van der Waals surface area contributed by atoms with Gasteiger partial charge in [0, 0.05) is 32.4 Å². The Hall–Kier alpha value is -1.36. The maximum atomic E-state index is 4.58. The summed E-state index contributed by atoms with van der Waals surface area (Å²) in [5.74, 6) is 2.58. The van der Waals surface area contributed by atoms with Gasteiger partial charge in [-0.3, -0.25) is 0 Å². The lowest BCUT2D eigenvalue weighted by atomic mass is 9.93. The molecule has 1 aromatic heterocycles. The van der Waals surface area contributed by atoms with Crippen LogP contribution in [0.25, 0.3) is 0 Å². The fourth-order valence-electron chi connectivity index (χ4n) is 2.95. The zero-order chi connectivity index (χ0) is 15.2. The number of hydrogen-bond acceptors (Lipinski definition) is 5. The minimum absolute atomic E-state index is 0.746. The van der Waals surface area contributed by atoms with E-state index in [-0.39, 0.29) is 0 Å². The summed E-state index contributed by atoms with van der Waals surface area (Å²) in [6.45, 7) is 8.96. The van der Waals surface area contributed by atoms with Crippen molar-refractivity contribution in [1.29, 1.82) is 0 Å². The maximum absolute atomic E-state index is 4.58. The second-order valence-corrected chi connectivity index (χ2v) is 6.19. The van der Waals surface area contributed by atoms with E-state index in [1.54, 1.807) is 0 Å². The number of aromatic nitrogens is 2. The molecule has 1 N–H and O–H groups in total. The molecule has 21 heavy (non-hydrogen) atoms. The lowest BCUT2D eigenvalue weighted by Crippen LogP contribution is -2.33. The largest absolute Gasteiger partial charge is 0.362 e. The third-order valence-corrected chi connectivity index (χ3v) is 4.36. The van der Waals surface area contributed by atoms with Gasteiger partial charge >= 0.3 is 0 Å². The highest BCUT2D eigenvalue weighted by Crippen LogP contribution is 2.20. The van der Waals surface area contributed by atoms with Crippen molar-refractivity contribution in [3.05, 3.63) is 11.8 Å². The molecule has 0 atom stereocenters. The fourth-order valence-corrected chi connectivity index (χ4v) is 2.95. The molecule has 5 nitrogen and oxygen atoms in total. The molecule has 0 bridgehead atoms. The highest BCUT2D eigenvalue weighted by atomic mass is 15.2. The summed E-state index contributed by atoms with van der Waals surface area (Å²) in [7, 11) is 4.03. The first kappa shape index (κ1) is 16.0. The monoisotopic (exact) mass is 291 g/mol. The third-order valence-electron chi connectivity index (χ3n) is 4.36. The molecule has 0 amide bonds. The standard InChI is InChI=1S/C16H29N5/c1-5-21-10-7-14(8-11-21)6-9-17-16-18-12-13(2)15(19-16)20(3)4/h12,14H,5-11H2,1-4H3,(H,17,18,19). The molecule has 0 unspecified atom stereocenters. The number of likely N-dealkylation sites (tertiary alicyclic amines) is 1. The van der Waals surface area contributed by atoms with Crippen LogP contribution in [0, 0.1) is 12.8 Å². The number of aryl methyl sites for hydroxylation is 1. The van der Waals surface area contributed by atoms with Crippen molar-refractivity contribution in [2.75, 3.05) is 50.5 Å². The predicted octanol–water partition coefficient (Wildman–Crippen LogP) is 2.38. The zero-order valence-corrected chi connectivity index (χ0v) is 13.9. The molecule has 0 aliphatic carbocycles. The summed E-state index contributed by atoms with van der Waals surface area (Å²) in [6.07, 6.45) is 5.76. The van der Waals surface area contributed by atoms with Gasteiger partial charge in [-0.05, 0) is 51.7 Å². The minimum atomic E-state index is 0.746. The van der Waals surface area contributed by atoms with E-state index in [1.807, 2.05) is 32.1 Å². The van der Waals surface area contributed by atoms with Gasteiger partial charge in [-0.15, -0.1) is 0 Å². The van der Waals surface area contributed by atoms with Gasteiger partial charge in [0.15, 0.2) is 0 Å². The summed E-state index contributed by atoms with van der Waals surface area (Å²) in [4.78, 5) is 13.5. The molecule has 1 aliphatic rings. The summed E-state index contributed by atoms with van der Waals surface area (Å²) < 4.78 is 0. The predicted molar refractivity (Wildman–Crippen MR) is 89.0 cm³/mol. The summed E-state index contributed by atoms with van der Waals surface area (Å²) in [5.41, 5.74) is 1.11.